The number of hydrogen-bond donors (Lipinski definition) is 1. The summed E-state index contributed by atoms with van der Waals surface area (Å²) in [6.45, 7) is 4.66. The third kappa shape index (κ3) is 3.86. The molecule has 0 aliphatic rings. The van der Waals surface area contributed by atoms with Crippen molar-refractivity contribution in [3.05, 3.63) is 0 Å². The molecule has 0 aliphatic carbocycles. The lowest BCUT2D eigenvalue weighted by Crippen LogP contribution is -2.43. The molecule has 4 heteroatoms. The maximum Gasteiger partial charge on any atom is 0.282 e. The summed E-state index contributed by atoms with van der Waals surface area (Å²) in [5.41, 5.74) is 0. The van der Waals surface area contributed by atoms with Gasteiger partial charge in [-0.05, 0) is 42.6 Å². The molecule has 0 spiro atoms. The molecular formula is C14H34O3S. The summed E-state index contributed by atoms with van der Waals surface area (Å²) in [6, 6.07) is 0. The summed E-state index contributed by atoms with van der Waals surface area (Å²) < 4.78 is 16.5. The third-order valence-electron chi connectivity index (χ3n) is 4.82. The van der Waals surface area contributed by atoms with Crippen LogP contribution in [-0.4, -0.2) is 57.1 Å². The Balaban J connectivity index is 4.98. The van der Waals surface area contributed by atoms with Crippen LogP contribution >= 0.6 is 9.16 Å². The third-order valence-corrected chi connectivity index (χ3v) is 9.68. The Morgan fingerprint density at radius 3 is 1.44 bits per heavy atom. The van der Waals surface area contributed by atoms with Crippen LogP contribution < -0.4 is 0 Å². The predicted molar refractivity (Wildman–Crippen MR) is 84.4 cm³/mol. The molecule has 0 aromatic heterocycles. The lowest BCUT2D eigenvalue weighted by atomic mass is 10.0. The minimum Gasteiger partial charge on any atom is -0.331 e. The van der Waals surface area contributed by atoms with Crippen molar-refractivity contribution in [1.82, 2.24) is 0 Å². The van der Waals surface area contributed by atoms with Gasteiger partial charge < -0.3 is 14.2 Å². The maximum absolute atomic E-state index is 5.39. The van der Waals surface area contributed by atoms with Gasteiger partial charge in [0.15, 0.2) is 0 Å². The van der Waals surface area contributed by atoms with Gasteiger partial charge >= 0.3 is 0 Å². The topological polar surface area (TPSA) is 27.7 Å². The van der Waals surface area contributed by atoms with Crippen molar-refractivity contribution in [3.8, 4) is 0 Å². The molecule has 0 aromatic carbocycles. The Labute approximate surface area is 114 Å². The summed E-state index contributed by atoms with van der Waals surface area (Å²) >= 11 is 0. The Morgan fingerprint density at radius 2 is 1.22 bits per heavy atom. The molecule has 0 saturated carbocycles. The number of hydrogen-bond acceptors (Lipinski definition) is 3. The highest BCUT2D eigenvalue weighted by atomic mass is 32.3. The molecule has 0 heterocycles. The number of thiol groups is 1. The van der Waals surface area contributed by atoms with E-state index in [0.717, 1.165) is 19.3 Å². The molecule has 0 rings (SSSR count). The van der Waals surface area contributed by atoms with Crippen molar-refractivity contribution in [2.75, 3.05) is 46.4 Å². The van der Waals surface area contributed by atoms with Gasteiger partial charge in [0.1, 0.15) is 0 Å². The molecule has 0 aliphatic heterocycles. The van der Waals surface area contributed by atoms with Gasteiger partial charge in [-0.2, -0.15) is 0 Å². The fraction of sp³-hybridized carbons (Fsp3) is 1.00. The number of methoxy groups -OCH3 is 3. The maximum atomic E-state index is 5.39. The van der Waals surface area contributed by atoms with Crippen LogP contribution in [0.15, 0.2) is 0 Å². The highest BCUT2D eigenvalue weighted by molar-refractivity contribution is 8.48. The molecule has 1 unspecified atom stereocenters. The first-order chi connectivity index (χ1) is 7.96. The van der Waals surface area contributed by atoms with E-state index in [0.29, 0.717) is 4.75 Å². The first-order valence-corrected chi connectivity index (χ1v) is 10.6. The quantitative estimate of drug-likeness (QED) is 0.547. The van der Waals surface area contributed by atoms with Gasteiger partial charge in [0.25, 0.3) is 5.97 Å². The van der Waals surface area contributed by atoms with E-state index in [2.05, 4.69) is 38.9 Å². The lowest BCUT2D eigenvalue weighted by molar-refractivity contribution is -0.355. The van der Waals surface area contributed by atoms with Crippen molar-refractivity contribution >= 4 is 9.16 Å². The van der Waals surface area contributed by atoms with Crippen LogP contribution in [0.4, 0.5) is 0 Å². The zero-order valence-electron chi connectivity index (χ0n) is 13.8. The van der Waals surface area contributed by atoms with E-state index in [1.807, 2.05) is 0 Å². The SMILES string of the molecule is CCC(C)(CCC(OC)(OC)OC)[SH](C)(C)(C)C. The van der Waals surface area contributed by atoms with Crippen molar-refractivity contribution in [3.63, 3.8) is 0 Å². The van der Waals surface area contributed by atoms with Crippen LogP contribution in [0.25, 0.3) is 0 Å². The molecular weight excluding hydrogens is 248 g/mol. The highest BCUT2D eigenvalue weighted by Gasteiger charge is 2.43. The van der Waals surface area contributed by atoms with Crippen LogP contribution in [0.2, 0.25) is 0 Å². The molecule has 18 heavy (non-hydrogen) atoms. The Kier molecular flexibility index (Phi) is 5.77. The first-order valence-electron chi connectivity index (χ1n) is 6.62. The molecule has 0 aromatic rings. The molecule has 0 N–H and O–H groups in total. The van der Waals surface area contributed by atoms with Crippen LogP contribution in [0.5, 0.6) is 0 Å². The second-order valence-corrected chi connectivity index (χ2v) is 15.5. The van der Waals surface area contributed by atoms with Crippen LogP contribution in [-0.2, 0) is 14.2 Å². The van der Waals surface area contributed by atoms with E-state index in [9.17, 15) is 0 Å². The van der Waals surface area contributed by atoms with Gasteiger partial charge in [-0.15, -0.1) is 0 Å². The van der Waals surface area contributed by atoms with E-state index in [1.165, 1.54) is 0 Å². The highest BCUT2D eigenvalue weighted by Crippen LogP contribution is 2.69. The van der Waals surface area contributed by atoms with Gasteiger partial charge in [-0.3, -0.25) is 9.16 Å². The van der Waals surface area contributed by atoms with Gasteiger partial charge in [-0.25, -0.2) is 0 Å². The van der Waals surface area contributed by atoms with E-state index in [4.69, 9.17) is 14.2 Å². The smallest absolute Gasteiger partial charge is 0.282 e. The summed E-state index contributed by atoms with van der Waals surface area (Å²) in [7, 11) is 3.21. The van der Waals surface area contributed by atoms with Gasteiger partial charge in [0.05, 0.1) is 0 Å². The molecule has 1 atom stereocenters. The average molecular weight is 282 g/mol. The zero-order chi connectivity index (χ0) is 14.7. The van der Waals surface area contributed by atoms with Gasteiger partial charge in [-0.1, -0.05) is 13.8 Å². The minimum atomic E-state index is -1.69. The van der Waals surface area contributed by atoms with Crippen LogP contribution in [0.3, 0.4) is 0 Å². The molecule has 0 bridgehead atoms. The Bertz CT molecular complexity index is 248. The van der Waals surface area contributed by atoms with E-state index < -0.39 is 15.1 Å². The molecule has 0 saturated heterocycles. The monoisotopic (exact) mass is 282 g/mol. The second-order valence-electron chi connectivity index (χ2n) is 7.22. The summed E-state index contributed by atoms with van der Waals surface area (Å²) in [5.74, 6) is -0.898. The molecule has 114 valence electrons. The normalized spacial score (nSPS) is 19.1. The van der Waals surface area contributed by atoms with E-state index >= 15 is 0 Å². The number of rotatable bonds is 8. The molecule has 0 fully saturated rings. The molecule has 3 nitrogen and oxygen atoms in total. The van der Waals surface area contributed by atoms with Gasteiger partial charge in [0, 0.05) is 27.8 Å². The van der Waals surface area contributed by atoms with Crippen molar-refractivity contribution in [2.45, 2.75) is 43.8 Å². The zero-order valence-corrected chi connectivity index (χ0v) is 14.7. The summed E-state index contributed by atoms with van der Waals surface area (Å²) in [6.07, 6.45) is 12.7. The summed E-state index contributed by atoms with van der Waals surface area (Å²) in [5, 5.41) is 0. The standard InChI is InChI=1S/C14H34O3S/c1-10-13(2,18(6,7,8)9)11-12-14(15-3,16-4)17-5/h18H,10-12H2,1-9H3. The Hall–Kier alpha value is 0.230. The molecule has 0 radical (unpaired) electrons. The van der Waals surface area contributed by atoms with Crippen molar-refractivity contribution in [1.29, 1.82) is 0 Å². The van der Waals surface area contributed by atoms with E-state index in [-0.39, 0.29) is 0 Å². The predicted octanol–water partition coefficient (Wildman–Crippen LogP) is 3.12. The number of ether oxygens (including phenoxy) is 3. The van der Waals surface area contributed by atoms with Crippen LogP contribution in [0.1, 0.15) is 33.1 Å². The summed E-state index contributed by atoms with van der Waals surface area (Å²) in [4.78, 5) is 0. The first kappa shape index (κ1) is 18.2. The second kappa shape index (κ2) is 5.70. The lowest BCUT2D eigenvalue weighted by Gasteiger charge is -2.62. The average Bonchev–Trinajstić information content (AvgIpc) is 2.28. The van der Waals surface area contributed by atoms with Crippen LogP contribution in [0, 0.1) is 0 Å². The Morgan fingerprint density at radius 1 is 0.833 bits per heavy atom. The fourth-order valence-electron chi connectivity index (χ4n) is 2.24. The van der Waals surface area contributed by atoms with Crippen molar-refractivity contribution < 1.29 is 14.2 Å². The van der Waals surface area contributed by atoms with E-state index in [1.54, 1.807) is 21.3 Å². The molecule has 0 amide bonds. The van der Waals surface area contributed by atoms with Gasteiger partial charge in [0.2, 0.25) is 0 Å². The fourth-order valence-corrected chi connectivity index (χ4v) is 4.51. The minimum absolute atomic E-state index is 0.312. The largest absolute Gasteiger partial charge is 0.331 e. The van der Waals surface area contributed by atoms with Crippen molar-refractivity contribution in [2.24, 2.45) is 0 Å².